The Morgan fingerprint density at radius 1 is 1.13 bits per heavy atom. The lowest BCUT2D eigenvalue weighted by atomic mass is 10.3. The maximum atomic E-state index is 13.8. The van der Waals surface area contributed by atoms with Crippen molar-refractivity contribution in [2.45, 2.75) is 5.16 Å². The van der Waals surface area contributed by atoms with Crippen molar-refractivity contribution in [1.82, 2.24) is 14.9 Å². The third kappa shape index (κ3) is 3.92. The van der Waals surface area contributed by atoms with Crippen molar-refractivity contribution in [3.63, 3.8) is 0 Å². The van der Waals surface area contributed by atoms with E-state index in [-0.39, 0.29) is 5.82 Å². The van der Waals surface area contributed by atoms with Gasteiger partial charge in [-0.25, -0.2) is 14.4 Å². The molecule has 0 spiro atoms. The summed E-state index contributed by atoms with van der Waals surface area (Å²) in [6.45, 7) is 3.88. The minimum Gasteiger partial charge on any atom is -0.354 e. The summed E-state index contributed by atoms with van der Waals surface area (Å²) in [7, 11) is 2.12. The van der Waals surface area contributed by atoms with Gasteiger partial charge in [-0.1, -0.05) is 23.9 Å². The zero-order valence-corrected chi connectivity index (χ0v) is 14.1. The van der Waals surface area contributed by atoms with E-state index >= 15 is 0 Å². The first-order chi connectivity index (χ1) is 11.2. The fraction of sp³-hybridized carbons (Fsp3) is 0.375. The number of benzene rings is 1. The quantitative estimate of drug-likeness (QED) is 0.686. The van der Waals surface area contributed by atoms with Gasteiger partial charge in [0.2, 0.25) is 0 Å². The molecule has 0 radical (unpaired) electrons. The number of piperazine rings is 1. The largest absolute Gasteiger partial charge is 0.354 e. The molecule has 0 bridgehead atoms. The molecule has 2 heterocycles. The van der Waals surface area contributed by atoms with Crippen molar-refractivity contribution in [3.8, 4) is 0 Å². The van der Waals surface area contributed by atoms with Crippen LogP contribution in [0.25, 0.3) is 0 Å². The van der Waals surface area contributed by atoms with E-state index in [2.05, 4.69) is 32.1 Å². The van der Waals surface area contributed by atoms with Gasteiger partial charge < -0.3 is 15.1 Å². The molecule has 5 nitrogen and oxygen atoms in total. The molecule has 0 amide bonds. The van der Waals surface area contributed by atoms with Gasteiger partial charge in [0.1, 0.15) is 17.5 Å². The third-order valence-electron chi connectivity index (χ3n) is 3.84. The predicted molar refractivity (Wildman–Crippen MR) is 93.2 cm³/mol. The second-order valence-corrected chi connectivity index (χ2v) is 6.27. The Kier molecular flexibility index (Phi) is 4.97. The number of likely N-dealkylation sites (N-methyl/N-ethyl adjacent to an activating group) is 1. The number of rotatable bonds is 4. The lowest BCUT2D eigenvalue weighted by Crippen LogP contribution is -2.44. The molecule has 1 fully saturated rings. The smallest absolute Gasteiger partial charge is 0.191 e. The van der Waals surface area contributed by atoms with Crippen LogP contribution >= 0.6 is 11.8 Å². The highest BCUT2D eigenvalue weighted by atomic mass is 32.2. The van der Waals surface area contributed by atoms with Crippen molar-refractivity contribution < 1.29 is 4.39 Å². The molecule has 1 aliphatic heterocycles. The van der Waals surface area contributed by atoms with Crippen LogP contribution in [0.15, 0.2) is 35.5 Å². The Hall–Kier alpha value is -1.86. The topological polar surface area (TPSA) is 44.3 Å². The number of hydrogen-bond donors (Lipinski definition) is 1. The summed E-state index contributed by atoms with van der Waals surface area (Å²) in [6.07, 6.45) is 1.94. The first kappa shape index (κ1) is 16.0. The lowest BCUT2D eigenvalue weighted by molar-refractivity contribution is 0.312. The van der Waals surface area contributed by atoms with Crippen LogP contribution in [0, 0.1) is 5.82 Å². The van der Waals surface area contributed by atoms with E-state index in [1.807, 2.05) is 12.3 Å². The third-order valence-corrected chi connectivity index (χ3v) is 4.39. The van der Waals surface area contributed by atoms with Crippen LogP contribution in [-0.2, 0) is 0 Å². The number of anilines is 3. The van der Waals surface area contributed by atoms with E-state index in [9.17, 15) is 4.39 Å². The molecule has 1 N–H and O–H groups in total. The molecule has 1 aliphatic rings. The minimum atomic E-state index is -0.294. The Morgan fingerprint density at radius 3 is 2.57 bits per heavy atom. The van der Waals surface area contributed by atoms with Crippen molar-refractivity contribution in [3.05, 3.63) is 36.1 Å². The van der Waals surface area contributed by atoms with Crippen LogP contribution in [0.3, 0.4) is 0 Å². The second-order valence-electron chi connectivity index (χ2n) is 5.49. The molecular formula is C16H20FN5S. The lowest BCUT2D eigenvalue weighted by Gasteiger charge is -2.33. The first-order valence-corrected chi connectivity index (χ1v) is 8.76. The van der Waals surface area contributed by atoms with Gasteiger partial charge in [-0.3, -0.25) is 0 Å². The van der Waals surface area contributed by atoms with Crippen molar-refractivity contribution in [2.75, 3.05) is 49.7 Å². The van der Waals surface area contributed by atoms with Crippen LogP contribution in [0.1, 0.15) is 0 Å². The summed E-state index contributed by atoms with van der Waals surface area (Å²) in [6, 6.07) is 8.48. The average molecular weight is 333 g/mol. The highest BCUT2D eigenvalue weighted by Gasteiger charge is 2.17. The van der Waals surface area contributed by atoms with E-state index in [0.29, 0.717) is 16.7 Å². The predicted octanol–water partition coefficient (Wildman–Crippen LogP) is 2.83. The number of thioether (sulfide) groups is 1. The summed E-state index contributed by atoms with van der Waals surface area (Å²) >= 11 is 1.48. The van der Waals surface area contributed by atoms with E-state index in [4.69, 9.17) is 0 Å². The minimum absolute atomic E-state index is 0.294. The molecule has 1 aromatic carbocycles. The van der Waals surface area contributed by atoms with Gasteiger partial charge in [-0.05, 0) is 25.4 Å². The van der Waals surface area contributed by atoms with Crippen molar-refractivity contribution in [2.24, 2.45) is 0 Å². The Bertz CT molecular complexity index is 673. The highest BCUT2D eigenvalue weighted by molar-refractivity contribution is 7.98. The van der Waals surface area contributed by atoms with E-state index < -0.39 is 0 Å². The number of nitrogens with one attached hydrogen (secondary N) is 1. The molecule has 0 atom stereocenters. The fourth-order valence-corrected chi connectivity index (χ4v) is 2.84. The molecule has 23 heavy (non-hydrogen) atoms. The Labute approximate surface area is 139 Å². The van der Waals surface area contributed by atoms with Crippen LogP contribution in [0.2, 0.25) is 0 Å². The van der Waals surface area contributed by atoms with Gasteiger partial charge in [0, 0.05) is 32.2 Å². The Morgan fingerprint density at radius 2 is 1.87 bits per heavy atom. The molecule has 122 valence electrons. The summed E-state index contributed by atoms with van der Waals surface area (Å²) in [5.41, 5.74) is 0.419. The number of aromatic nitrogens is 2. The SMILES string of the molecule is CSc1nc(Nc2ccccc2F)cc(N2CCN(C)CC2)n1. The van der Waals surface area contributed by atoms with Crippen LogP contribution in [0.4, 0.5) is 21.7 Å². The van der Waals surface area contributed by atoms with Crippen molar-refractivity contribution in [1.29, 1.82) is 0 Å². The summed E-state index contributed by atoms with van der Waals surface area (Å²) in [5.74, 6) is 1.21. The zero-order chi connectivity index (χ0) is 16.2. The maximum Gasteiger partial charge on any atom is 0.191 e. The van der Waals surface area contributed by atoms with Gasteiger partial charge in [0.15, 0.2) is 5.16 Å². The zero-order valence-electron chi connectivity index (χ0n) is 13.3. The van der Waals surface area contributed by atoms with Gasteiger partial charge in [0.25, 0.3) is 0 Å². The molecule has 1 aromatic heterocycles. The van der Waals surface area contributed by atoms with Crippen molar-refractivity contribution >= 4 is 29.1 Å². The number of nitrogens with zero attached hydrogens (tertiary/aromatic N) is 4. The van der Waals surface area contributed by atoms with E-state index in [1.54, 1.807) is 18.2 Å². The van der Waals surface area contributed by atoms with Crippen LogP contribution < -0.4 is 10.2 Å². The Balaban J connectivity index is 1.86. The van der Waals surface area contributed by atoms with Crippen LogP contribution in [0.5, 0.6) is 0 Å². The average Bonchev–Trinajstić information content (AvgIpc) is 2.57. The standard InChI is InChI=1S/C16H20FN5S/c1-21-7-9-22(10-8-21)15-11-14(19-16(20-15)23-2)18-13-6-4-3-5-12(13)17/h3-6,11H,7-10H2,1-2H3,(H,18,19,20). The maximum absolute atomic E-state index is 13.8. The molecule has 7 heteroatoms. The fourth-order valence-electron chi connectivity index (χ4n) is 2.47. The van der Waals surface area contributed by atoms with Gasteiger partial charge in [0.05, 0.1) is 5.69 Å². The monoisotopic (exact) mass is 333 g/mol. The van der Waals surface area contributed by atoms with Gasteiger partial charge in [-0.2, -0.15) is 0 Å². The second kappa shape index (κ2) is 7.14. The van der Waals surface area contributed by atoms with E-state index in [1.165, 1.54) is 17.8 Å². The highest BCUT2D eigenvalue weighted by Crippen LogP contribution is 2.24. The summed E-state index contributed by atoms with van der Waals surface area (Å²) in [4.78, 5) is 13.6. The summed E-state index contributed by atoms with van der Waals surface area (Å²) < 4.78 is 13.8. The van der Waals surface area contributed by atoms with Crippen LogP contribution in [-0.4, -0.2) is 54.4 Å². The first-order valence-electron chi connectivity index (χ1n) is 7.54. The number of halogens is 1. The normalized spacial score (nSPS) is 15.7. The molecule has 2 aromatic rings. The van der Waals surface area contributed by atoms with Gasteiger partial charge in [-0.15, -0.1) is 0 Å². The molecular weight excluding hydrogens is 313 g/mol. The number of para-hydroxylation sites is 1. The molecule has 3 rings (SSSR count). The molecule has 0 aliphatic carbocycles. The number of hydrogen-bond acceptors (Lipinski definition) is 6. The summed E-state index contributed by atoms with van der Waals surface area (Å²) in [5, 5.41) is 3.74. The van der Waals surface area contributed by atoms with Gasteiger partial charge >= 0.3 is 0 Å². The molecule has 1 saturated heterocycles. The van der Waals surface area contributed by atoms with E-state index in [0.717, 1.165) is 32.0 Å². The molecule has 0 saturated carbocycles. The molecule has 0 unspecified atom stereocenters.